The van der Waals surface area contributed by atoms with Gasteiger partial charge in [-0.3, -0.25) is 9.69 Å². The van der Waals surface area contributed by atoms with E-state index in [-0.39, 0.29) is 5.91 Å². The number of benzene rings is 1. The smallest absolute Gasteiger partial charge is 0.266 e. The maximum absolute atomic E-state index is 12.9. The molecule has 0 saturated carbocycles. The molecule has 1 saturated heterocycles. The minimum Gasteiger partial charge on any atom is -0.335 e. The van der Waals surface area contributed by atoms with Crippen molar-refractivity contribution in [3.63, 3.8) is 0 Å². The largest absolute Gasteiger partial charge is 0.335 e. The van der Waals surface area contributed by atoms with Crippen LogP contribution in [0.3, 0.4) is 0 Å². The summed E-state index contributed by atoms with van der Waals surface area (Å²) < 4.78 is 1.54. The van der Waals surface area contributed by atoms with Crippen LogP contribution >= 0.6 is 11.3 Å². The number of hydrogen-bond acceptors (Lipinski definition) is 6. The van der Waals surface area contributed by atoms with Crippen LogP contribution in [0.25, 0.3) is 5.69 Å². The molecule has 1 aliphatic rings. The van der Waals surface area contributed by atoms with Crippen LogP contribution in [-0.4, -0.2) is 62.1 Å². The molecule has 1 aliphatic heterocycles. The maximum Gasteiger partial charge on any atom is 0.266 e. The molecular formula is C18H20N6OS. The molecule has 1 amide bonds. The summed E-state index contributed by atoms with van der Waals surface area (Å²) >= 11 is 1.43. The van der Waals surface area contributed by atoms with Crippen molar-refractivity contribution in [2.24, 2.45) is 0 Å². The lowest BCUT2D eigenvalue weighted by Crippen LogP contribution is -2.48. The van der Waals surface area contributed by atoms with Crippen LogP contribution in [0.2, 0.25) is 0 Å². The second-order valence-corrected chi connectivity index (χ2v) is 7.30. The van der Waals surface area contributed by atoms with Crippen LogP contribution in [0, 0.1) is 6.92 Å². The zero-order chi connectivity index (χ0) is 17.9. The fourth-order valence-electron chi connectivity index (χ4n) is 3.20. The van der Waals surface area contributed by atoms with Gasteiger partial charge >= 0.3 is 0 Å². The van der Waals surface area contributed by atoms with Gasteiger partial charge in [0.2, 0.25) is 0 Å². The molecule has 2 aromatic heterocycles. The van der Waals surface area contributed by atoms with Crippen molar-refractivity contribution in [3.05, 3.63) is 58.0 Å². The Labute approximate surface area is 155 Å². The van der Waals surface area contributed by atoms with Crippen molar-refractivity contribution >= 4 is 17.2 Å². The molecular weight excluding hydrogens is 348 g/mol. The van der Waals surface area contributed by atoms with Crippen molar-refractivity contribution in [2.75, 3.05) is 26.2 Å². The minimum atomic E-state index is 0.0565. The average Bonchev–Trinajstić information content (AvgIpc) is 3.35. The Morgan fingerprint density at radius 3 is 2.69 bits per heavy atom. The number of nitrogens with zero attached hydrogens (tertiary/aromatic N) is 6. The second kappa shape index (κ2) is 7.35. The normalized spacial score (nSPS) is 15.3. The van der Waals surface area contributed by atoms with E-state index in [9.17, 15) is 4.79 Å². The van der Waals surface area contributed by atoms with E-state index in [0.29, 0.717) is 4.88 Å². The summed E-state index contributed by atoms with van der Waals surface area (Å²) in [5.74, 6) is 0.0565. The number of amides is 1. The third-order valence-corrected chi connectivity index (χ3v) is 5.64. The number of aromatic nitrogens is 4. The topological polar surface area (TPSA) is 67.2 Å². The Hall–Kier alpha value is -2.58. The SMILES string of the molecule is Cc1ccccc1CN1CCN(C(=O)c2sccc2-n2cnnn2)CC1. The standard InChI is InChI=1S/C18H20N6OS/c1-14-4-2-3-5-15(14)12-22-7-9-23(10-8-22)18(25)17-16(6-11-26-17)24-13-19-20-21-24/h2-6,11,13H,7-10,12H2,1H3. The molecule has 0 spiro atoms. The molecule has 0 atom stereocenters. The van der Waals surface area contributed by atoms with E-state index in [1.54, 1.807) is 0 Å². The lowest BCUT2D eigenvalue weighted by Gasteiger charge is -2.35. The monoisotopic (exact) mass is 368 g/mol. The Kier molecular flexibility index (Phi) is 4.77. The first-order chi connectivity index (χ1) is 12.7. The van der Waals surface area contributed by atoms with Gasteiger partial charge in [-0.1, -0.05) is 24.3 Å². The van der Waals surface area contributed by atoms with E-state index >= 15 is 0 Å². The molecule has 1 aromatic carbocycles. The van der Waals surface area contributed by atoms with Crippen LogP contribution in [0.15, 0.2) is 42.0 Å². The molecule has 0 bridgehead atoms. The predicted octanol–water partition coefficient (Wildman–Crippen LogP) is 1.99. The second-order valence-electron chi connectivity index (χ2n) is 6.38. The fraction of sp³-hybridized carbons (Fsp3) is 0.333. The summed E-state index contributed by atoms with van der Waals surface area (Å²) in [5.41, 5.74) is 3.41. The van der Waals surface area contributed by atoms with Crippen molar-refractivity contribution in [1.29, 1.82) is 0 Å². The van der Waals surface area contributed by atoms with Gasteiger partial charge in [-0.25, -0.2) is 0 Å². The zero-order valence-electron chi connectivity index (χ0n) is 14.6. The quantitative estimate of drug-likeness (QED) is 0.705. The molecule has 8 heteroatoms. The van der Waals surface area contributed by atoms with Crippen LogP contribution in [-0.2, 0) is 6.54 Å². The van der Waals surface area contributed by atoms with Gasteiger partial charge in [0.05, 0.1) is 5.69 Å². The maximum atomic E-state index is 12.9. The highest BCUT2D eigenvalue weighted by molar-refractivity contribution is 7.12. The van der Waals surface area contributed by atoms with Gasteiger partial charge in [-0.05, 0) is 39.9 Å². The molecule has 0 N–H and O–H groups in total. The summed E-state index contributed by atoms with van der Waals surface area (Å²) in [5, 5.41) is 13.1. The van der Waals surface area contributed by atoms with Gasteiger partial charge < -0.3 is 4.90 Å². The van der Waals surface area contributed by atoms with E-state index in [1.165, 1.54) is 33.5 Å². The summed E-state index contributed by atoms with van der Waals surface area (Å²) in [7, 11) is 0. The Balaban J connectivity index is 1.40. The van der Waals surface area contributed by atoms with Gasteiger partial charge in [0.15, 0.2) is 0 Å². The number of tetrazole rings is 1. The van der Waals surface area contributed by atoms with Crippen molar-refractivity contribution < 1.29 is 4.79 Å². The number of aryl methyl sites for hydroxylation is 1. The lowest BCUT2D eigenvalue weighted by atomic mass is 10.1. The van der Waals surface area contributed by atoms with Crippen LogP contribution in [0.5, 0.6) is 0 Å². The number of carbonyl (C=O) groups excluding carboxylic acids is 1. The number of rotatable bonds is 4. The highest BCUT2D eigenvalue weighted by Gasteiger charge is 2.25. The lowest BCUT2D eigenvalue weighted by molar-refractivity contribution is 0.0633. The van der Waals surface area contributed by atoms with E-state index in [0.717, 1.165) is 38.4 Å². The Morgan fingerprint density at radius 1 is 1.15 bits per heavy atom. The number of carbonyl (C=O) groups is 1. The molecule has 26 heavy (non-hydrogen) atoms. The van der Waals surface area contributed by atoms with Crippen molar-refractivity contribution in [2.45, 2.75) is 13.5 Å². The zero-order valence-corrected chi connectivity index (χ0v) is 15.4. The van der Waals surface area contributed by atoms with Gasteiger partial charge in [0.25, 0.3) is 5.91 Å². The Bertz CT molecular complexity index is 883. The molecule has 0 unspecified atom stereocenters. The first kappa shape index (κ1) is 16.9. The van der Waals surface area contributed by atoms with Crippen LogP contribution in [0.1, 0.15) is 20.8 Å². The number of thiophene rings is 1. The summed E-state index contributed by atoms with van der Waals surface area (Å²) in [4.78, 5) is 17.9. The summed E-state index contributed by atoms with van der Waals surface area (Å²) in [6, 6.07) is 10.4. The Morgan fingerprint density at radius 2 is 1.96 bits per heavy atom. The van der Waals surface area contributed by atoms with Crippen LogP contribution in [0.4, 0.5) is 0 Å². The van der Waals surface area contributed by atoms with E-state index in [4.69, 9.17) is 0 Å². The van der Waals surface area contributed by atoms with Crippen molar-refractivity contribution in [1.82, 2.24) is 30.0 Å². The van der Waals surface area contributed by atoms with E-state index < -0.39 is 0 Å². The van der Waals surface area contributed by atoms with E-state index in [2.05, 4.69) is 51.6 Å². The summed E-state index contributed by atoms with van der Waals surface area (Å²) in [6.07, 6.45) is 1.51. The molecule has 3 aromatic rings. The van der Waals surface area contributed by atoms with Crippen LogP contribution < -0.4 is 0 Å². The number of piperazine rings is 1. The third kappa shape index (κ3) is 3.38. The predicted molar refractivity (Wildman–Crippen MR) is 99.4 cm³/mol. The van der Waals surface area contributed by atoms with Gasteiger partial charge in [0, 0.05) is 32.7 Å². The fourth-order valence-corrected chi connectivity index (χ4v) is 4.04. The first-order valence-corrected chi connectivity index (χ1v) is 9.47. The molecule has 1 fully saturated rings. The van der Waals surface area contributed by atoms with Gasteiger partial charge in [-0.2, -0.15) is 4.68 Å². The number of hydrogen-bond donors (Lipinski definition) is 0. The third-order valence-electron chi connectivity index (χ3n) is 4.75. The molecule has 3 heterocycles. The summed E-state index contributed by atoms with van der Waals surface area (Å²) in [6.45, 7) is 6.31. The molecule has 0 radical (unpaired) electrons. The molecule has 4 rings (SSSR count). The highest BCUT2D eigenvalue weighted by Crippen LogP contribution is 2.23. The highest BCUT2D eigenvalue weighted by atomic mass is 32.1. The minimum absolute atomic E-state index is 0.0565. The van der Waals surface area contributed by atoms with Crippen molar-refractivity contribution in [3.8, 4) is 5.69 Å². The molecule has 134 valence electrons. The van der Waals surface area contributed by atoms with E-state index in [1.807, 2.05) is 16.3 Å². The first-order valence-electron chi connectivity index (χ1n) is 8.59. The molecule has 7 nitrogen and oxygen atoms in total. The average molecular weight is 368 g/mol. The van der Waals surface area contributed by atoms with Gasteiger partial charge in [0.1, 0.15) is 11.2 Å². The van der Waals surface area contributed by atoms with Gasteiger partial charge in [-0.15, -0.1) is 16.4 Å². The molecule has 0 aliphatic carbocycles.